The zero-order valence-corrected chi connectivity index (χ0v) is 15.4. The van der Waals surface area contributed by atoms with Gasteiger partial charge >= 0.3 is 6.03 Å². The summed E-state index contributed by atoms with van der Waals surface area (Å²) in [4.78, 5) is 12.9. The van der Waals surface area contributed by atoms with Crippen molar-refractivity contribution < 1.29 is 14.3 Å². The van der Waals surface area contributed by atoms with Crippen LogP contribution in [0.2, 0.25) is 0 Å². The molecular weight excluding hydrogens is 360 g/mol. The van der Waals surface area contributed by atoms with Crippen molar-refractivity contribution in [3.8, 4) is 17.6 Å². The van der Waals surface area contributed by atoms with Crippen molar-refractivity contribution in [3.05, 3.63) is 66.2 Å². The molecule has 28 heavy (non-hydrogen) atoms. The fraction of sp³-hybridized carbons (Fsp3) is 0.158. The molecule has 0 aliphatic rings. The molecule has 0 unspecified atom stereocenters. The van der Waals surface area contributed by atoms with Gasteiger partial charge in [-0.1, -0.05) is 6.07 Å². The van der Waals surface area contributed by atoms with E-state index in [2.05, 4.69) is 15.5 Å². The third-order valence-electron chi connectivity index (χ3n) is 3.97. The van der Waals surface area contributed by atoms with E-state index in [1.54, 1.807) is 50.6 Å². The second-order valence-electron chi connectivity index (χ2n) is 5.71. The number of anilines is 1. The first-order valence-corrected chi connectivity index (χ1v) is 8.29. The van der Waals surface area contributed by atoms with Crippen LogP contribution in [0.25, 0.3) is 0 Å². The van der Waals surface area contributed by atoms with Gasteiger partial charge in [0.25, 0.3) is 0 Å². The predicted molar refractivity (Wildman–Crippen MR) is 102 cm³/mol. The monoisotopic (exact) mass is 378 g/mol. The van der Waals surface area contributed by atoms with Crippen molar-refractivity contribution in [1.29, 1.82) is 5.26 Å². The van der Waals surface area contributed by atoms with Crippen LogP contribution in [0.15, 0.2) is 55.1 Å². The van der Waals surface area contributed by atoms with E-state index in [0.717, 1.165) is 5.56 Å². The molecule has 0 saturated carbocycles. The van der Waals surface area contributed by atoms with E-state index in [1.165, 1.54) is 22.3 Å². The Bertz CT molecular complexity index is 980. The number of aromatic nitrogens is 3. The standard InChI is InChI=1S/C19H18N6O3/c1-27-17-8-5-15(9-18(17)28-2)11-25(24-12-21-22-13-24)19(26)23-16-6-3-14(10-20)4-7-16/h3-9,12-13H,11H2,1-2H3,(H,23,26). The van der Waals surface area contributed by atoms with Crippen molar-refractivity contribution in [1.82, 2.24) is 14.9 Å². The highest BCUT2D eigenvalue weighted by molar-refractivity contribution is 5.96. The van der Waals surface area contributed by atoms with Gasteiger partial charge < -0.3 is 14.8 Å². The van der Waals surface area contributed by atoms with Crippen LogP contribution in [-0.4, -0.2) is 35.1 Å². The van der Waals surface area contributed by atoms with Gasteiger partial charge in [0.2, 0.25) is 0 Å². The summed E-state index contributed by atoms with van der Waals surface area (Å²) in [6, 6.07) is 13.7. The Balaban J connectivity index is 1.83. The van der Waals surface area contributed by atoms with Gasteiger partial charge in [0.1, 0.15) is 12.7 Å². The molecule has 0 bridgehead atoms. The van der Waals surface area contributed by atoms with E-state index in [0.29, 0.717) is 22.7 Å². The van der Waals surface area contributed by atoms with Crippen LogP contribution in [0.5, 0.6) is 11.5 Å². The molecular formula is C19H18N6O3. The smallest absolute Gasteiger partial charge is 0.341 e. The lowest BCUT2D eigenvalue weighted by Crippen LogP contribution is -2.42. The van der Waals surface area contributed by atoms with Crippen LogP contribution in [-0.2, 0) is 6.54 Å². The average Bonchev–Trinajstić information content (AvgIpc) is 3.26. The third-order valence-corrected chi connectivity index (χ3v) is 3.97. The van der Waals surface area contributed by atoms with Crippen molar-refractivity contribution in [2.75, 3.05) is 24.5 Å². The van der Waals surface area contributed by atoms with E-state index >= 15 is 0 Å². The van der Waals surface area contributed by atoms with E-state index < -0.39 is 0 Å². The van der Waals surface area contributed by atoms with Gasteiger partial charge in [-0.05, 0) is 42.0 Å². The number of rotatable bonds is 6. The Morgan fingerprint density at radius 3 is 2.39 bits per heavy atom. The van der Waals surface area contributed by atoms with E-state index in [1.807, 2.05) is 12.1 Å². The lowest BCUT2D eigenvalue weighted by molar-refractivity contribution is 0.251. The number of benzene rings is 2. The molecule has 9 nitrogen and oxygen atoms in total. The number of nitrogens with one attached hydrogen (secondary N) is 1. The Labute approximate surface area is 161 Å². The van der Waals surface area contributed by atoms with Crippen molar-refractivity contribution in [2.45, 2.75) is 6.54 Å². The first kappa shape index (κ1) is 18.7. The molecule has 0 spiro atoms. The number of hydrogen-bond acceptors (Lipinski definition) is 6. The highest BCUT2D eigenvalue weighted by atomic mass is 16.5. The zero-order valence-electron chi connectivity index (χ0n) is 15.4. The summed E-state index contributed by atoms with van der Waals surface area (Å²) in [5.41, 5.74) is 1.90. The Kier molecular flexibility index (Phi) is 5.72. The Hall–Kier alpha value is -4.06. The molecule has 2 amide bonds. The molecule has 9 heteroatoms. The molecule has 1 N–H and O–H groups in total. The van der Waals surface area contributed by atoms with Crippen LogP contribution in [0.1, 0.15) is 11.1 Å². The van der Waals surface area contributed by atoms with Gasteiger partial charge in [-0.2, -0.15) is 5.26 Å². The molecule has 1 heterocycles. The average molecular weight is 378 g/mol. The summed E-state index contributed by atoms with van der Waals surface area (Å²) in [7, 11) is 3.11. The highest BCUT2D eigenvalue weighted by Crippen LogP contribution is 2.28. The van der Waals surface area contributed by atoms with Gasteiger partial charge in [0, 0.05) is 5.69 Å². The Morgan fingerprint density at radius 2 is 1.79 bits per heavy atom. The summed E-state index contributed by atoms with van der Waals surface area (Å²) < 4.78 is 12.1. The fourth-order valence-corrected chi connectivity index (χ4v) is 2.55. The van der Waals surface area contributed by atoms with Crippen molar-refractivity contribution >= 4 is 11.7 Å². The third kappa shape index (κ3) is 4.19. The predicted octanol–water partition coefficient (Wildman–Crippen LogP) is 2.54. The number of urea groups is 1. The van der Waals surface area contributed by atoms with Crippen LogP contribution < -0.4 is 19.8 Å². The molecule has 1 aromatic heterocycles. The minimum atomic E-state index is -0.390. The molecule has 2 aromatic carbocycles. The number of hydrogen-bond donors (Lipinski definition) is 1. The Morgan fingerprint density at radius 1 is 1.11 bits per heavy atom. The molecule has 142 valence electrons. The SMILES string of the molecule is COc1ccc(CN(C(=O)Nc2ccc(C#N)cc2)n2cnnc2)cc1OC. The molecule has 0 aliphatic heterocycles. The fourth-order valence-electron chi connectivity index (χ4n) is 2.55. The lowest BCUT2D eigenvalue weighted by Gasteiger charge is -2.23. The highest BCUT2D eigenvalue weighted by Gasteiger charge is 2.18. The summed E-state index contributed by atoms with van der Waals surface area (Å²) in [6.45, 7) is 0.237. The van der Waals surface area contributed by atoms with Crippen LogP contribution in [0.4, 0.5) is 10.5 Å². The van der Waals surface area contributed by atoms with Crippen LogP contribution in [0.3, 0.4) is 0 Å². The first-order valence-electron chi connectivity index (χ1n) is 8.29. The molecule has 0 fully saturated rings. The lowest BCUT2D eigenvalue weighted by atomic mass is 10.2. The summed E-state index contributed by atoms with van der Waals surface area (Å²) in [6.07, 6.45) is 2.86. The number of amides is 2. The number of nitriles is 1. The van der Waals surface area contributed by atoms with Crippen molar-refractivity contribution in [3.63, 3.8) is 0 Å². The van der Waals surface area contributed by atoms with Crippen molar-refractivity contribution in [2.24, 2.45) is 0 Å². The van der Waals surface area contributed by atoms with Gasteiger partial charge in [-0.3, -0.25) is 0 Å². The van der Waals surface area contributed by atoms with E-state index in [9.17, 15) is 4.79 Å². The first-order chi connectivity index (χ1) is 13.6. The van der Waals surface area contributed by atoms with Gasteiger partial charge in [0.05, 0.1) is 32.4 Å². The number of carbonyl (C=O) groups is 1. The van der Waals surface area contributed by atoms with Gasteiger partial charge in [-0.25, -0.2) is 14.5 Å². The van der Waals surface area contributed by atoms with Crippen LogP contribution >= 0.6 is 0 Å². The van der Waals surface area contributed by atoms with Gasteiger partial charge in [-0.15, -0.1) is 10.2 Å². The summed E-state index contributed by atoms with van der Waals surface area (Å²) >= 11 is 0. The number of methoxy groups -OCH3 is 2. The number of nitrogens with zero attached hydrogens (tertiary/aromatic N) is 5. The maximum atomic E-state index is 12.9. The topological polar surface area (TPSA) is 105 Å². The molecule has 3 rings (SSSR count). The number of carbonyl (C=O) groups excluding carboxylic acids is 1. The normalized spacial score (nSPS) is 10.0. The second-order valence-corrected chi connectivity index (χ2v) is 5.71. The minimum Gasteiger partial charge on any atom is -0.493 e. The molecule has 0 aliphatic carbocycles. The van der Waals surface area contributed by atoms with E-state index in [-0.39, 0.29) is 12.6 Å². The van der Waals surface area contributed by atoms with Gasteiger partial charge in [0.15, 0.2) is 11.5 Å². The number of ether oxygens (including phenoxy) is 2. The summed E-state index contributed by atoms with van der Waals surface area (Å²) in [5, 5.41) is 20.7. The molecule has 0 radical (unpaired) electrons. The maximum absolute atomic E-state index is 12.9. The zero-order chi connectivity index (χ0) is 19.9. The molecule has 3 aromatic rings. The molecule has 0 atom stereocenters. The molecule has 0 saturated heterocycles. The summed E-state index contributed by atoms with van der Waals surface area (Å²) in [5.74, 6) is 1.17. The largest absolute Gasteiger partial charge is 0.493 e. The second kappa shape index (κ2) is 8.55. The maximum Gasteiger partial charge on any atom is 0.341 e. The van der Waals surface area contributed by atoms with Crippen LogP contribution in [0, 0.1) is 11.3 Å². The minimum absolute atomic E-state index is 0.237. The van der Waals surface area contributed by atoms with E-state index in [4.69, 9.17) is 14.7 Å². The quantitative estimate of drug-likeness (QED) is 0.707.